The van der Waals surface area contributed by atoms with Crippen LogP contribution in [0.1, 0.15) is 5.56 Å². The zero-order valence-electron chi connectivity index (χ0n) is 10.8. The minimum atomic E-state index is 0.219. The molecule has 0 aromatic heterocycles. The van der Waals surface area contributed by atoms with Crippen LogP contribution in [0.3, 0.4) is 0 Å². The number of hydrogen-bond donors (Lipinski definition) is 0. The van der Waals surface area contributed by atoms with Crippen molar-refractivity contribution in [3.05, 3.63) is 77.4 Å². The van der Waals surface area contributed by atoms with Gasteiger partial charge in [-0.2, -0.15) is 0 Å². The van der Waals surface area contributed by atoms with Crippen LogP contribution < -0.4 is 0 Å². The molecule has 0 fully saturated rings. The summed E-state index contributed by atoms with van der Waals surface area (Å²) in [7, 11) is 0. The Morgan fingerprint density at radius 1 is 1.16 bits per heavy atom. The molecule has 0 N–H and O–H groups in total. The van der Waals surface area contributed by atoms with Gasteiger partial charge in [0.05, 0.1) is 5.71 Å². The maximum Gasteiger partial charge on any atom is 0.104 e. The predicted octanol–water partition coefficient (Wildman–Crippen LogP) is 4.47. The van der Waals surface area contributed by atoms with Crippen LogP contribution in [-0.2, 0) is 0 Å². The predicted molar refractivity (Wildman–Crippen MR) is 85.2 cm³/mol. The second kappa shape index (κ2) is 5.06. The highest BCUT2D eigenvalue weighted by molar-refractivity contribution is 8.02. The van der Waals surface area contributed by atoms with Gasteiger partial charge in [-0.1, -0.05) is 55.1 Å². The second-order valence-electron chi connectivity index (χ2n) is 4.53. The smallest absolute Gasteiger partial charge is 0.104 e. The molecule has 1 aliphatic heterocycles. The van der Waals surface area contributed by atoms with Gasteiger partial charge in [-0.05, 0) is 23.5 Å². The van der Waals surface area contributed by atoms with Crippen LogP contribution in [0.15, 0.2) is 76.8 Å². The Kier molecular flexibility index (Phi) is 3.26. The van der Waals surface area contributed by atoms with E-state index in [0.717, 1.165) is 16.3 Å². The fraction of sp³-hybridized carbons (Fsp3) is 0.118. The van der Waals surface area contributed by atoms with Crippen molar-refractivity contribution in [2.24, 2.45) is 10.9 Å². The molecule has 1 nitrogen and oxygen atoms in total. The highest BCUT2D eigenvalue weighted by atomic mass is 32.2. The van der Waals surface area contributed by atoms with Crippen molar-refractivity contribution in [2.75, 3.05) is 6.26 Å². The van der Waals surface area contributed by atoms with E-state index in [2.05, 4.69) is 55.3 Å². The summed E-state index contributed by atoms with van der Waals surface area (Å²) in [6.07, 6.45) is 10.4. The Bertz CT molecular complexity index is 632. The second-order valence-corrected chi connectivity index (χ2v) is 5.33. The highest BCUT2D eigenvalue weighted by Gasteiger charge is 2.27. The lowest BCUT2D eigenvalue weighted by Gasteiger charge is -2.27. The van der Waals surface area contributed by atoms with Gasteiger partial charge in [0.2, 0.25) is 0 Å². The highest BCUT2D eigenvalue weighted by Crippen LogP contribution is 2.40. The summed E-state index contributed by atoms with van der Waals surface area (Å²) in [5.74, 6) is 0.219. The lowest BCUT2D eigenvalue weighted by Crippen LogP contribution is -2.19. The summed E-state index contributed by atoms with van der Waals surface area (Å²) in [6, 6.07) is 10.4. The Morgan fingerprint density at radius 3 is 2.68 bits per heavy atom. The first-order valence-corrected chi connectivity index (χ1v) is 7.50. The molecule has 19 heavy (non-hydrogen) atoms. The van der Waals surface area contributed by atoms with Crippen LogP contribution in [0.5, 0.6) is 0 Å². The molecular formula is C17H15NS. The van der Waals surface area contributed by atoms with Gasteiger partial charge in [-0.15, -0.1) is 11.8 Å². The van der Waals surface area contributed by atoms with E-state index >= 15 is 0 Å². The van der Waals surface area contributed by atoms with Gasteiger partial charge in [0.25, 0.3) is 0 Å². The zero-order chi connectivity index (χ0) is 13.2. The Hall–Kier alpha value is -1.80. The van der Waals surface area contributed by atoms with E-state index in [4.69, 9.17) is 4.99 Å². The molecule has 1 aliphatic carbocycles. The van der Waals surface area contributed by atoms with Gasteiger partial charge in [-0.3, -0.25) is 0 Å². The molecule has 1 aromatic rings. The van der Waals surface area contributed by atoms with Crippen molar-refractivity contribution in [1.82, 2.24) is 0 Å². The topological polar surface area (TPSA) is 12.4 Å². The van der Waals surface area contributed by atoms with Crippen molar-refractivity contribution in [3.8, 4) is 0 Å². The lowest BCUT2D eigenvalue weighted by atomic mass is 9.83. The van der Waals surface area contributed by atoms with Gasteiger partial charge >= 0.3 is 0 Å². The van der Waals surface area contributed by atoms with Crippen molar-refractivity contribution in [2.45, 2.75) is 0 Å². The van der Waals surface area contributed by atoms with Gasteiger partial charge in [0.15, 0.2) is 0 Å². The first-order chi connectivity index (χ1) is 9.31. The minimum absolute atomic E-state index is 0.219. The molecule has 0 radical (unpaired) electrons. The van der Waals surface area contributed by atoms with Crippen LogP contribution in [0.4, 0.5) is 0 Å². The minimum Gasteiger partial charge on any atom is -0.245 e. The van der Waals surface area contributed by atoms with Crippen molar-refractivity contribution >= 4 is 23.0 Å². The molecule has 1 aromatic carbocycles. The van der Waals surface area contributed by atoms with Crippen LogP contribution >= 0.6 is 11.8 Å². The molecule has 2 heteroatoms. The van der Waals surface area contributed by atoms with Gasteiger partial charge in [0, 0.05) is 11.5 Å². The van der Waals surface area contributed by atoms with Crippen LogP contribution in [0.2, 0.25) is 0 Å². The molecule has 0 spiro atoms. The van der Waals surface area contributed by atoms with E-state index in [9.17, 15) is 0 Å². The van der Waals surface area contributed by atoms with Crippen molar-refractivity contribution in [3.63, 3.8) is 0 Å². The number of hydrogen-bond acceptors (Lipinski definition) is 2. The molecule has 2 aliphatic rings. The van der Waals surface area contributed by atoms with E-state index < -0.39 is 0 Å². The first kappa shape index (κ1) is 12.2. The normalized spacial score (nSPS) is 21.4. The summed E-state index contributed by atoms with van der Waals surface area (Å²) in [6.45, 7) is 4.32. The van der Waals surface area contributed by atoms with E-state index in [0.29, 0.717) is 0 Å². The summed E-state index contributed by atoms with van der Waals surface area (Å²) in [5.41, 5.74) is 4.61. The third-order valence-electron chi connectivity index (χ3n) is 3.40. The van der Waals surface area contributed by atoms with Gasteiger partial charge in [-0.25, -0.2) is 4.99 Å². The first-order valence-electron chi connectivity index (χ1n) is 6.27. The SMILES string of the molecule is C=C1C(c2ccccc2)=C(SC)N=C2C=CC=CC12. The Morgan fingerprint density at radius 2 is 1.95 bits per heavy atom. The molecule has 0 bridgehead atoms. The average Bonchev–Trinajstić information content (AvgIpc) is 2.48. The number of allylic oxidation sites excluding steroid dienone is 6. The molecule has 94 valence electrons. The molecule has 1 heterocycles. The maximum absolute atomic E-state index is 4.79. The molecule has 1 atom stereocenters. The zero-order valence-corrected chi connectivity index (χ0v) is 11.7. The van der Waals surface area contributed by atoms with E-state index in [-0.39, 0.29) is 5.92 Å². The molecule has 0 saturated carbocycles. The van der Waals surface area contributed by atoms with Crippen LogP contribution in [0, 0.1) is 5.92 Å². The number of thioether (sulfide) groups is 1. The molecule has 0 saturated heterocycles. The number of fused-ring (bicyclic) bond motifs is 1. The fourth-order valence-corrected chi connectivity index (χ4v) is 3.11. The number of aliphatic imine (C=N–C) groups is 1. The number of rotatable bonds is 2. The Labute approximate surface area is 118 Å². The lowest BCUT2D eigenvalue weighted by molar-refractivity contribution is 1.05. The van der Waals surface area contributed by atoms with E-state index in [1.807, 2.05) is 12.1 Å². The van der Waals surface area contributed by atoms with Crippen molar-refractivity contribution in [1.29, 1.82) is 0 Å². The van der Waals surface area contributed by atoms with Crippen LogP contribution in [0.25, 0.3) is 5.57 Å². The quantitative estimate of drug-likeness (QED) is 0.768. The van der Waals surface area contributed by atoms with E-state index in [1.165, 1.54) is 11.1 Å². The standard InChI is InChI=1S/C17H15NS/c1-12-14-10-6-7-11-15(14)18-17(19-2)16(12)13-8-4-3-5-9-13/h3-11,14H,1H2,2H3. The number of nitrogens with zero attached hydrogens (tertiary/aromatic N) is 1. The summed E-state index contributed by atoms with van der Waals surface area (Å²) in [5, 5.41) is 1.06. The van der Waals surface area contributed by atoms with Crippen molar-refractivity contribution < 1.29 is 0 Å². The molecule has 0 amide bonds. The monoisotopic (exact) mass is 265 g/mol. The van der Waals surface area contributed by atoms with Gasteiger partial charge in [0.1, 0.15) is 5.03 Å². The van der Waals surface area contributed by atoms with Crippen LogP contribution in [-0.4, -0.2) is 12.0 Å². The van der Waals surface area contributed by atoms with Gasteiger partial charge < -0.3 is 0 Å². The largest absolute Gasteiger partial charge is 0.245 e. The van der Waals surface area contributed by atoms with E-state index in [1.54, 1.807) is 11.8 Å². The Balaban J connectivity index is 2.17. The summed E-state index contributed by atoms with van der Waals surface area (Å²) >= 11 is 1.68. The molecule has 3 rings (SSSR count). The third-order valence-corrected chi connectivity index (χ3v) is 4.08. The number of benzene rings is 1. The molecule has 1 unspecified atom stereocenters. The third kappa shape index (κ3) is 2.13. The summed E-state index contributed by atoms with van der Waals surface area (Å²) in [4.78, 5) is 4.79. The fourth-order valence-electron chi connectivity index (χ4n) is 2.46. The summed E-state index contributed by atoms with van der Waals surface area (Å²) < 4.78 is 0. The molecular weight excluding hydrogens is 250 g/mol. The maximum atomic E-state index is 4.79. The average molecular weight is 265 g/mol.